The molecule has 0 N–H and O–H groups in total. The lowest BCUT2D eigenvalue weighted by Gasteiger charge is -2.28. The molecule has 0 radical (unpaired) electrons. The quantitative estimate of drug-likeness (QED) is 0.162. The van der Waals surface area contributed by atoms with E-state index in [0.29, 0.717) is 0 Å². The van der Waals surface area contributed by atoms with Crippen molar-refractivity contribution in [1.29, 1.82) is 0 Å². The second-order valence-corrected chi connectivity index (χ2v) is 14.9. The lowest BCUT2D eigenvalue weighted by Crippen LogP contribution is -2.11. The van der Waals surface area contributed by atoms with Gasteiger partial charge in [-0.15, -0.1) is 0 Å². The van der Waals surface area contributed by atoms with E-state index in [0.717, 1.165) is 55.5 Å². The molecule has 0 bridgehead atoms. The van der Waals surface area contributed by atoms with E-state index in [-0.39, 0.29) is 0 Å². The van der Waals surface area contributed by atoms with E-state index in [1.807, 2.05) is 12.1 Å². The van der Waals surface area contributed by atoms with Crippen molar-refractivity contribution in [3.8, 4) is 44.5 Å². The van der Waals surface area contributed by atoms with Crippen LogP contribution in [0.1, 0.15) is 0 Å². The average molecular weight is 740 g/mol. The van der Waals surface area contributed by atoms with Crippen LogP contribution < -0.4 is 4.90 Å². The molecule has 0 aliphatic rings. The third kappa shape index (κ3) is 6.00. The van der Waals surface area contributed by atoms with Gasteiger partial charge in [0.2, 0.25) is 0 Å². The predicted octanol–water partition coefficient (Wildman–Crippen LogP) is 16.0. The second-order valence-electron chi connectivity index (χ2n) is 14.9. The lowest BCUT2D eigenvalue weighted by molar-refractivity contribution is 0.669. The zero-order valence-corrected chi connectivity index (χ0v) is 31.7. The van der Waals surface area contributed by atoms with Gasteiger partial charge in [-0.25, -0.2) is 0 Å². The van der Waals surface area contributed by atoms with Gasteiger partial charge in [0, 0.05) is 27.7 Å². The lowest BCUT2D eigenvalue weighted by atomic mass is 9.96. The number of anilines is 3. The van der Waals surface area contributed by atoms with E-state index < -0.39 is 0 Å². The summed E-state index contributed by atoms with van der Waals surface area (Å²) < 4.78 is 6.23. The summed E-state index contributed by atoms with van der Waals surface area (Å²) in [5.41, 5.74) is 14.6. The van der Waals surface area contributed by atoms with Gasteiger partial charge in [0.15, 0.2) is 0 Å². The average Bonchev–Trinajstić information content (AvgIpc) is 3.66. The first-order valence-electron chi connectivity index (χ1n) is 19.8. The number of hydrogen-bond acceptors (Lipinski definition) is 2. The summed E-state index contributed by atoms with van der Waals surface area (Å²) >= 11 is 0. The van der Waals surface area contributed by atoms with Crippen LogP contribution >= 0.6 is 0 Å². The molecule has 0 amide bonds. The summed E-state index contributed by atoms with van der Waals surface area (Å²) in [5, 5.41) is 7.14. The molecule has 58 heavy (non-hydrogen) atoms. The molecule has 0 aliphatic carbocycles. The van der Waals surface area contributed by atoms with Crippen LogP contribution in [0.4, 0.5) is 17.1 Å². The van der Waals surface area contributed by atoms with Crippen molar-refractivity contribution in [2.45, 2.75) is 0 Å². The van der Waals surface area contributed by atoms with Gasteiger partial charge in [0.1, 0.15) is 11.2 Å². The Morgan fingerprint density at radius 1 is 0.276 bits per heavy atom. The van der Waals surface area contributed by atoms with Gasteiger partial charge in [0.25, 0.3) is 0 Å². The summed E-state index contributed by atoms with van der Waals surface area (Å²) in [7, 11) is 0. The van der Waals surface area contributed by atoms with E-state index in [4.69, 9.17) is 4.42 Å². The molecule has 11 rings (SSSR count). The molecular formula is C56H37NO. The Kier molecular flexibility index (Phi) is 8.19. The summed E-state index contributed by atoms with van der Waals surface area (Å²) in [6, 6.07) is 80.8. The highest BCUT2D eigenvalue weighted by atomic mass is 16.3. The van der Waals surface area contributed by atoms with Crippen LogP contribution in [0.15, 0.2) is 229 Å². The third-order valence-electron chi connectivity index (χ3n) is 11.5. The van der Waals surface area contributed by atoms with Gasteiger partial charge in [0.05, 0.1) is 5.69 Å². The van der Waals surface area contributed by atoms with Crippen LogP contribution in [0.25, 0.3) is 88.0 Å². The number of benzene rings is 10. The molecular weight excluding hydrogens is 703 g/mol. The Morgan fingerprint density at radius 3 is 1.59 bits per heavy atom. The molecule has 0 saturated carbocycles. The summed E-state index contributed by atoms with van der Waals surface area (Å²) in [6.07, 6.45) is 0. The Morgan fingerprint density at radius 2 is 0.828 bits per heavy atom. The van der Waals surface area contributed by atoms with Crippen molar-refractivity contribution < 1.29 is 4.42 Å². The van der Waals surface area contributed by atoms with Gasteiger partial charge in [-0.05, 0) is 115 Å². The predicted molar refractivity (Wildman–Crippen MR) is 245 cm³/mol. The third-order valence-corrected chi connectivity index (χ3v) is 11.5. The van der Waals surface area contributed by atoms with Crippen molar-refractivity contribution in [3.05, 3.63) is 224 Å². The normalized spacial score (nSPS) is 11.4. The van der Waals surface area contributed by atoms with Crippen LogP contribution in [0, 0.1) is 0 Å². The van der Waals surface area contributed by atoms with Crippen LogP contribution in [0.2, 0.25) is 0 Å². The topological polar surface area (TPSA) is 16.4 Å². The van der Waals surface area contributed by atoms with Crippen molar-refractivity contribution >= 4 is 60.5 Å². The fraction of sp³-hybridized carbons (Fsp3) is 0. The minimum absolute atomic E-state index is 0.913. The minimum atomic E-state index is 0.913. The molecule has 2 heteroatoms. The molecule has 1 aromatic heterocycles. The first-order chi connectivity index (χ1) is 28.7. The fourth-order valence-corrected chi connectivity index (χ4v) is 8.53. The van der Waals surface area contributed by atoms with Gasteiger partial charge < -0.3 is 9.32 Å². The molecule has 10 aromatic carbocycles. The molecule has 272 valence electrons. The molecule has 1 heterocycles. The molecule has 0 fully saturated rings. The molecule has 0 saturated heterocycles. The Balaban J connectivity index is 0.992. The Labute approximate surface area is 337 Å². The van der Waals surface area contributed by atoms with Crippen LogP contribution in [0.5, 0.6) is 0 Å². The SMILES string of the molecule is c1ccc(-c2ccc(N(c3ccc(-c4ccc(-c5cccc6ccccc56)cc4)cc3)c3ccccc3-c3ccc4cc5oc6ccccc6c5cc4c3)cc2)cc1. The summed E-state index contributed by atoms with van der Waals surface area (Å²) in [4.78, 5) is 2.38. The minimum Gasteiger partial charge on any atom is -0.456 e. The summed E-state index contributed by atoms with van der Waals surface area (Å²) in [5.74, 6) is 0. The first kappa shape index (κ1) is 33.6. The fourth-order valence-electron chi connectivity index (χ4n) is 8.53. The molecule has 11 aromatic rings. The molecule has 0 spiro atoms. The van der Waals surface area contributed by atoms with Gasteiger partial charge >= 0.3 is 0 Å². The highest BCUT2D eigenvalue weighted by Gasteiger charge is 2.18. The number of furan rings is 1. The summed E-state index contributed by atoms with van der Waals surface area (Å²) in [6.45, 7) is 0. The van der Waals surface area contributed by atoms with E-state index >= 15 is 0 Å². The Hall–Kier alpha value is -7.68. The van der Waals surface area contributed by atoms with E-state index in [1.165, 1.54) is 49.5 Å². The maximum absolute atomic E-state index is 6.23. The highest BCUT2D eigenvalue weighted by Crippen LogP contribution is 2.43. The van der Waals surface area contributed by atoms with Gasteiger partial charge in [-0.2, -0.15) is 0 Å². The van der Waals surface area contributed by atoms with Crippen molar-refractivity contribution in [3.63, 3.8) is 0 Å². The van der Waals surface area contributed by atoms with Crippen LogP contribution in [-0.2, 0) is 0 Å². The molecule has 0 atom stereocenters. The smallest absolute Gasteiger partial charge is 0.136 e. The monoisotopic (exact) mass is 739 g/mol. The molecule has 2 nitrogen and oxygen atoms in total. The van der Waals surface area contributed by atoms with Crippen LogP contribution in [0.3, 0.4) is 0 Å². The van der Waals surface area contributed by atoms with Gasteiger partial charge in [-0.3, -0.25) is 0 Å². The standard InChI is InChI=1S/C56H37NO/c1-2-11-38(12-3-1)40-27-31-47(32-28-40)57(48-33-29-41(30-34-48)39-21-23-43(24-22-39)50-18-10-14-42-13-4-5-15-49(42)50)54-19-8-6-16-51(54)45-26-25-44-37-56-53(36-46(44)35-45)52-17-7-9-20-55(52)58-56/h1-37H. The number of fused-ring (bicyclic) bond motifs is 5. The number of rotatable bonds is 7. The van der Waals surface area contributed by atoms with Crippen molar-refractivity contribution in [1.82, 2.24) is 0 Å². The van der Waals surface area contributed by atoms with Crippen molar-refractivity contribution in [2.24, 2.45) is 0 Å². The number of nitrogens with zero attached hydrogens (tertiary/aromatic N) is 1. The Bertz CT molecular complexity index is 3250. The number of para-hydroxylation sites is 2. The van der Waals surface area contributed by atoms with Gasteiger partial charge in [-0.1, -0.05) is 170 Å². The highest BCUT2D eigenvalue weighted by molar-refractivity contribution is 6.10. The molecule has 0 unspecified atom stereocenters. The van der Waals surface area contributed by atoms with Crippen molar-refractivity contribution in [2.75, 3.05) is 4.90 Å². The second kappa shape index (κ2) is 14.1. The largest absolute Gasteiger partial charge is 0.456 e. The van der Waals surface area contributed by atoms with Crippen LogP contribution in [-0.4, -0.2) is 0 Å². The van der Waals surface area contributed by atoms with E-state index in [1.54, 1.807) is 0 Å². The first-order valence-corrected chi connectivity index (χ1v) is 19.8. The zero-order chi connectivity index (χ0) is 38.4. The molecule has 0 aliphatic heterocycles. The maximum Gasteiger partial charge on any atom is 0.136 e. The maximum atomic E-state index is 6.23. The number of hydrogen-bond donors (Lipinski definition) is 0. The zero-order valence-electron chi connectivity index (χ0n) is 31.7. The van der Waals surface area contributed by atoms with E-state index in [2.05, 4.69) is 217 Å². The van der Waals surface area contributed by atoms with E-state index in [9.17, 15) is 0 Å².